The molecule has 0 aromatic heterocycles. The number of aryl methyl sites for hydroxylation is 2. The molecule has 0 spiro atoms. The van der Waals surface area contributed by atoms with E-state index in [0.717, 1.165) is 52.6 Å². The number of hydrogen-bond donors (Lipinski definition) is 1. The van der Waals surface area contributed by atoms with E-state index < -0.39 is 10.0 Å². The molecule has 23 heavy (non-hydrogen) atoms. The van der Waals surface area contributed by atoms with Gasteiger partial charge in [0, 0.05) is 10.0 Å². The quantitative estimate of drug-likeness (QED) is 0.825. The summed E-state index contributed by atoms with van der Waals surface area (Å²) in [5.74, 6) is 2.19. The summed E-state index contributed by atoms with van der Waals surface area (Å²) in [6.45, 7) is 3.87. The first-order valence-corrected chi connectivity index (χ1v) is 10.8. The van der Waals surface area contributed by atoms with Crippen LogP contribution in [0.3, 0.4) is 0 Å². The maximum Gasteiger partial charge on any atom is 0.241 e. The minimum Gasteiger partial charge on any atom is -0.207 e. The number of benzene rings is 1. The normalized spacial score (nSPS) is 35.7. The molecule has 0 atom stereocenters. The van der Waals surface area contributed by atoms with Crippen LogP contribution in [0.4, 0.5) is 0 Å². The molecule has 126 valence electrons. The molecule has 5 rings (SSSR count). The van der Waals surface area contributed by atoms with Crippen LogP contribution >= 0.6 is 15.9 Å². The Bertz CT molecular complexity index is 721. The molecule has 4 saturated carbocycles. The van der Waals surface area contributed by atoms with Crippen LogP contribution in [0.1, 0.15) is 49.7 Å². The summed E-state index contributed by atoms with van der Waals surface area (Å²) in [7, 11) is -3.47. The van der Waals surface area contributed by atoms with Crippen LogP contribution in [-0.2, 0) is 10.0 Å². The van der Waals surface area contributed by atoms with E-state index in [1.165, 1.54) is 19.3 Å². The van der Waals surface area contributed by atoms with E-state index in [1.54, 1.807) is 6.07 Å². The molecule has 4 bridgehead atoms. The lowest BCUT2D eigenvalue weighted by Gasteiger charge is -2.56. The fraction of sp³-hybridized carbons (Fsp3) is 0.667. The van der Waals surface area contributed by atoms with E-state index >= 15 is 0 Å². The molecule has 4 fully saturated rings. The highest BCUT2D eigenvalue weighted by atomic mass is 79.9. The zero-order valence-corrected chi connectivity index (χ0v) is 16.1. The number of rotatable bonds is 3. The van der Waals surface area contributed by atoms with Crippen molar-refractivity contribution < 1.29 is 8.42 Å². The molecule has 0 aliphatic heterocycles. The summed E-state index contributed by atoms with van der Waals surface area (Å²) in [6.07, 6.45) is 7.04. The van der Waals surface area contributed by atoms with Gasteiger partial charge >= 0.3 is 0 Å². The van der Waals surface area contributed by atoms with Crippen molar-refractivity contribution in [2.45, 2.75) is 62.8 Å². The summed E-state index contributed by atoms with van der Waals surface area (Å²) in [5.41, 5.74) is 1.70. The van der Waals surface area contributed by atoms with Gasteiger partial charge < -0.3 is 0 Å². The molecule has 0 radical (unpaired) electrons. The monoisotopic (exact) mass is 397 g/mol. The van der Waals surface area contributed by atoms with Gasteiger partial charge in [-0.1, -0.05) is 22.0 Å². The van der Waals surface area contributed by atoms with Gasteiger partial charge in [-0.25, -0.2) is 13.1 Å². The zero-order valence-electron chi connectivity index (χ0n) is 13.7. The summed E-state index contributed by atoms with van der Waals surface area (Å²) < 4.78 is 30.1. The fourth-order valence-corrected chi connectivity index (χ4v) is 7.85. The van der Waals surface area contributed by atoms with Crippen molar-refractivity contribution in [3.8, 4) is 0 Å². The highest BCUT2D eigenvalue weighted by molar-refractivity contribution is 9.10. The molecular weight excluding hydrogens is 374 g/mol. The Balaban J connectivity index is 1.67. The van der Waals surface area contributed by atoms with Crippen LogP contribution in [0, 0.1) is 31.6 Å². The van der Waals surface area contributed by atoms with Crippen molar-refractivity contribution in [1.29, 1.82) is 0 Å². The highest BCUT2D eigenvalue weighted by Crippen LogP contribution is 2.56. The van der Waals surface area contributed by atoms with Gasteiger partial charge in [0.15, 0.2) is 0 Å². The van der Waals surface area contributed by atoms with Crippen LogP contribution in [0.2, 0.25) is 0 Å². The van der Waals surface area contributed by atoms with Gasteiger partial charge in [-0.3, -0.25) is 0 Å². The molecule has 0 saturated heterocycles. The van der Waals surface area contributed by atoms with Gasteiger partial charge in [-0.2, -0.15) is 0 Å². The van der Waals surface area contributed by atoms with E-state index in [9.17, 15) is 8.42 Å². The van der Waals surface area contributed by atoms with Crippen molar-refractivity contribution in [2.24, 2.45) is 17.8 Å². The van der Waals surface area contributed by atoms with Crippen molar-refractivity contribution in [2.75, 3.05) is 0 Å². The van der Waals surface area contributed by atoms with Crippen LogP contribution in [0.5, 0.6) is 0 Å². The first-order valence-electron chi connectivity index (χ1n) is 8.57. The third kappa shape index (κ3) is 2.79. The van der Waals surface area contributed by atoms with Crippen LogP contribution in [-0.4, -0.2) is 14.0 Å². The van der Waals surface area contributed by atoms with E-state index in [1.807, 2.05) is 19.9 Å². The largest absolute Gasteiger partial charge is 0.241 e. The Morgan fingerprint density at radius 3 is 2.04 bits per heavy atom. The van der Waals surface area contributed by atoms with Crippen LogP contribution in [0.25, 0.3) is 0 Å². The Morgan fingerprint density at radius 1 is 1.00 bits per heavy atom. The van der Waals surface area contributed by atoms with Crippen molar-refractivity contribution in [3.05, 3.63) is 27.7 Å². The van der Waals surface area contributed by atoms with Gasteiger partial charge in [-0.05, 0) is 87.3 Å². The Hall–Kier alpha value is -0.390. The lowest BCUT2D eigenvalue weighted by Crippen LogP contribution is -2.59. The average molecular weight is 398 g/mol. The summed E-state index contributed by atoms with van der Waals surface area (Å²) in [6, 6.07) is 3.70. The van der Waals surface area contributed by atoms with Crippen LogP contribution < -0.4 is 4.72 Å². The first-order chi connectivity index (χ1) is 10.8. The molecule has 0 amide bonds. The molecule has 1 N–H and O–H groups in total. The molecule has 0 heterocycles. The van der Waals surface area contributed by atoms with E-state index in [-0.39, 0.29) is 5.54 Å². The minimum absolute atomic E-state index is 0.183. The zero-order chi connectivity index (χ0) is 16.4. The molecule has 5 heteroatoms. The first kappa shape index (κ1) is 16.1. The van der Waals surface area contributed by atoms with Gasteiger partial charge in [0.25, 0.3) is 0 Å². The number of hydrogen-bond acceptors (Lipinski definition) is 2. The third-order valence-corrected chi connectivity index (χ3v) is 8.71. The van der Waals surface area contributed by atoms with Crippen molar-refractivity contribution >= 4 is 26.0 Å². The van der Waals surface area contributed by atoms with E-state index in [2.05, 4.69) is 20.7 Å². The van der Waals surface area contributed by atoms with Crippen LogP contribution in [0.15, 0.2) is 21.5 Å². The number of sulfonamides is 1. The Morgan fingerprint density at radius 2 is 1.52 bits per heavy atom. The average Bonchev–Trinajstić information content (AvgIpc) is 2.39. The fourth-order valence-electron chi connectivity index (χ4n) is 5.67. The second kappa shape index (κ2) is 5.30. The van der Waals surface area contributed by atoms with Gasteiger partial charge in [-0.15, -0.1) is 0 Å². The van der Waals surface area contributed by atoms with Gasteiger partial charge in [0.2, 0.25) is 10.0 Å². The second-order valence-corrected chi connectivity index (χ2v) is 10.7. The predicted octanol–water partition coefficient (Wildman–Crippen LogP) is 4.31. The molecule has 1 aromatic rings. The molecule has 4 aliphatic carbocycles. The lowest BCUT2D eigenvalue weighted by molar-refractivity contribution is -0.00810. The molecule has 0 unspecified atom stereocenters. The summed E-state index contributed by atoms with van der Waals surface area (Å²) in [4.78, 5) is 0.422. The highest BCUT2D eigenvalue weighted by Gasteiger charge is 2.52. The SMILES string of the molecule is Cc1cc(C)c(S(=O)(=O)NC23CC4CC(CC(C4)C2)C3)cc1Br. The molecular formula is C18H24BrNO2S. The van der Waals surface area contributed by atoms with Crippen molar-refractivity contribution in [3.63, 3.8) is 0 Å². The van der Waals surface area contributed by atoms with E-state index in [0.29, 0.717) is 4.90 Å². The van der Waals surface area contributed by atoms with Gasteiger partial charge in [0.1, 0.15) is 0 Å². The smallest absolute Gasteiger partial charge is 0.207 e. The second-order valence-electron chi connectivity index (χ2n) is 8.17. The van der Waals surface area contributed by atoms with Gasteiger partial charge in [0.05, 0.1) is 4.90 Å². The summed E-state index contributed by atoms with van der Waals surface area (Å²) >= 11 is 3.47. The lowest BCUT2D eigenvalue weighted by atomic mass is 9.53. The molecule has 3 nitrogen and oxygen atoms in total. The topological polar surface area (TPSA) is 46.2 Å². The standard InChI is InChI=1S/C18H24BrNO2S/c1-11-3-12(2)17(7-16(11)19)23(21,22)20-18-8-13-4-14(9-18)6-15(5-13)10-18/h3,7,13-15,20H,4-6,8-10H2,1-2H3. The minimum atomic E-state index is -3.47. The molecule has 4 aliphatic rings. The Labute approximate surface area is 147 Å². The van der Waals surface area contributed by atoms with Crippen molar-refractivity contribution in [1.82, 2.24) is 4.72 Å². The number of halogens is 1. The maximum absolute atomic E-state index is 13.1. The van der Waals surface area contributed by atoms with E-state index in [4.69, 9.17) is 0 Å². The molecule has 1 aromatic carbocycles. The predicted molar refractivity (Wildman–Crippen MR) is 94.8 cm³/mol. The third-order valence-electron chi connectivity index (χ3n) is 6.13. The number of nitrogens with one attached hydrogen (secondary N) is 1. The maximum atomic E-state index is 13.1. The summed E-state index contributed by atoms with van der Waals surface area (Å²) in [5, 5.41) is 0. The Kier molecular flexibility index (Phi) is 3.71.